The monoisotopic (exact) mass is 327 g/mol. The van der Waals surface area contributed by atoms with Crippen molar-refractivity contribution in [3.8, 4) is 11.5 Å². The molecule has 1 aromatic carbocycles. The van der Waals surface area contributed by atoms with Gasteiger partial charge in [0.1, 0.15) is 17.2 Å². The van der Waals surface area contributed by atoms with Crippen molar-refractivity contribution in [3.63, 3.8) is 0 Å². The highest BCUT2D eigenvalue weighted by Gasteiger charge is 2.20. The fraction of sp³-hybridized carbons (Fsp3) is 0.333. The normalized spacial score (nSPS) is 13.7. The van der Waals surface area contributed by atoms with Crippen LogP contribution in [0.1, 0.15) is 23.3 Å². The third-order valence-corrected chi connectivity index (χ3v) is 4.06. The first-order valence-corrected chi connectivity index (χ1v) is 7.95. The van der Waals surface area contributed by atoms with E-state index in [4.69, 9.17) is 9.47 Å². The van der Waals surface area contributed by atoms with Crippen molar-refractivity contribution in [3.05, 3.63) is 42.2 Å². The molecule has 1 aromatic heterocycles. The number of benzene rings is 1. The lowest BCUT2D eigenvalue weighted by atomic mass is 10.2. The zero-order chi connectivity index (χ0) is 16.9. The minimum Gasteiger partial charge on any atom is -0.497 e. The zero-order valence-corrected chi connectivity index (χ0v) is 13.9. The second-order valence-corrected chi connectivity index (χ2v) is 5.62. The van der Waals surface area contributed by atoms with Crippen molar-refractivity contribution < 1.29 is 14.3 Å². The zero-order valence-electron chi connectivity index (χ0n) is 13.9. The van der Waals surface area contributed by atoms with Gasteiger partial charge in [0.25, 0.3) is 5.91 Å². The van der Waals surface area contributed by atoms with E-state index in [0.717, 1.165) is 43.1 Å². The average molecular weight is 327 g/mol. The van der Waals surface area contributed by atoms with Crippen LogP contribution in [-0.4, -0.2) is 43.1 Å². The van der Waals surface area contributed by atoms with E-state index in [-0.39, 0.29) is 5.91 Å². The molecule has 0 unspecified atom stereocenters. The van der Waals surface area contributed by atoms with E-state index in [2.05, 4.69) is 10.3 Å². The second-order valence-electron chi connectivity index (χ2n) is 5.62. The summed E-state index contributed by atoms with van der Waals surface area (Å²) in [6.45, 7) is 1.61. The molecular weight excluding hydrogens is 306 g/mol. The lowest BCUT2D eigenvalue weighted by molar-refractivity contribution is 0.0787. The number of likely N-dealkylation sites (tertiary alicyclic amines) is 1. The van der Waals surface area contributed by atoms with Crippen LogP contribution in [0.2, 0.25) is 0 Å². The van der Waals surface area contributed by atoms with Crippen molar-refractivity contribution in [1.29, 1.82) is 0 Å². The number of ether oxygens (including phenoxy) is 2. The van der Waals surface area contributed by atoms with Crippen LogP contribution >= 0.6 is 0 Å². The molecule has 0 radical (unpaired) electrons. The molecule has 0 spiro atoms. The predicted octanol–water partition coefficient (Wildman–Crippen LogP) is 3.08. The Balaban J connectivity index is 1.83. The van der Waals surface area contributed by atoms with Gasteiger partial charge in [-0.25, -0.2) is 0 Å². The number of methoxy groups -OCH3 is 2. The largest absolute Gasteiger partial charge is 0.497 e. The van der Waals surface area contributed by atoms with E-state index < -0.39 is 0 Å². The quantitative estimate of drug-likeness (QED) is 0.914. The number of amides is 1. The highest BCUT2D eigenvalue weighted by molar-refractivity contribution is 5.93. The summed E-state index contributed by atoms with van der Waals surface area (Å²) < 4.78 is 10.6. The highest BCUT2D eigenvalue weighted by Crippen LogP contribution is 2.31. The number of anilines is 2. The Bertz CT molecular complexity index is 727. The van der Waals surface area contributed by atoms with Gasteiger partial charge in [0, 0.05) is 31.0 Å². The minimum absolute atomic E-state index is 0.0197. The standard InChI is InChI=1S/C18H21N3O3/c1-23-14-5-6-17(24-2)15(12-14)20-13-7-8-19-16(11-13)18(22)21-9-3-4-10-21/h5-8,11-12H,3-4,9-10H2,1-2H3,(H,19,20). The second kappa shape index (κ2) is 7.21. The lowest BCUT2D eigenvalue weighted by Crippen LogP contribution is -2.28. The number of hydrogen-bond acceptors (Lipinski definition) is 5. The molecule has 6 heteroatoms. The van der Waals surface area contributed by atoms with Crippen molar-refractivity contribution in [2.24, 2.45) is 0 Å². The molecule has 1 aliphatic rings. The van der Waals surface area contributed by atoms with Crippen molar-refractivity contribution in [2.75, 3.05) is 32.6 Å². The van der Waals surface area contributed by atoms with Crippen LogP contribution in [0.3, 0.4) is 0 Å². The summed E-state index contributed by atoms with van der Waals surface area (Å²) in [5.74, 6) is 1.40. The van der Waals surface area contributed by atoms with Gasteiger partial charge in [-0.2, -0.15) is 0 Å². The molecular formula is C18H21N3O3. The van der Waals surface area contributed by atoms with Gasteiger partial charge in [0.05, 0.1) is 19.9 Å². The van der Waals surface area contributed by atoms with E-state index in [1.807, 2.05) is 29.2 Å². The van der Waals surface area contributed by atoms with Crippen LogP contribution in [-0.2, 0) is 0 Å². The maximum absolute atomic E-state index is 12.5. The minimum atomic E-state index is -0.0197. The van der Waals surface area contributed by atoms with Crippen LogP contribution in [0.15, 0.2) is 36.5 Å². The molecule has 0 aliphatic carbocycles. The van der Waals surface area contributed by atoms with Gasteiger partial charge >= 0.3 is 0 Å². The van der Waals surface area contributed by atoms with Crippen LogP contribution in [0, 0.1) is 0 Å². The molecule has 126 valence electrons. The first-order chi connectivity index (χ1) is 11.7. The number of carbonyl (C=O) groups is 1. The molecule has 3 rings (SSSR count). The Hall–Kier alpha value is -2.76. The molecule has 6 nitrogen and oxygen atoms in total. The summed E-state index contributed by atoms with van der Waals surface area (Å²) in [7, 11) is 3.23. The number of pyridine rings is 1. The molecule has 2 aromatic rings. The first kappa shape index (κ1) is 16.1. The Morgan fingerprint density at radius 1 is 1.12 bits per heavy atom. The highest BCUT2D eigenvalue weighted by atomic mass is 16.5. The van der Waals surface area contributed by atoms with Gasteiger partial charge < -0.3 is 19.7 Å². The van der Waals surface area contributed by atoms with Gasteiger partial charge in [-0.3, -0.25) is 9.78 Å². The predicted molar refractivity (Wildman–Crippen MR) is 92.2 cm³/mol. The van der Waals surface area contributed by atoms with Crippen LogP contribution in [0.4, 0.5) is 11.4 Å². The SMILES string of the molecule is COc1ccc(OC)c(Nc2ccnc(C(=O)N3CCCC3)c2)c1. The van der Waals surface area contributed by atoms with Gasteiger partial charge in [0.2, 0.25) is 0 Å². The molecule has 1 amide bonds. The first-order valence-electron chi connectivity index (χ1n) is 7.95. The Morgan fingerprint density at radius 3 is 2.62 bits per heavy atom. The van der Waals surface area contributed by atoms with Gasteiger partial charge in [0.15, 0.2) is 0 Å². The maximum atomic E-state index is 12.5. The fourth-order valence-corrected chi connectivity index (χ4v) is 2.77. The van der Waals surface area contributed by atoms with Crippen molar-refractivity contribution in [2.45, 2.75) is 12.8 Å². The van der Waals surface area contributed by atoms with Crippen molar-refractivity contribution in [1.82, 2.24) is 9.88 Å². The number of rotatable bonds is 5. The number of hydrogen-bond donors (Lipinski definition) is 1. The van der Waals surface area contributed by atoms with Crippen LogP contribution in [0.25, 0.3) is 0 Å². The molecule has 0 saturated carbocycles. The molecule has 1 fully saturated rings. The molecule has 1 saturated heterocycles. The van der Waals surface area contributed by atoms with Gasteiger partial charge in [-0.05, 0) is 37.1 Å². The van der Waals surface area contributed by atoms with E-state index in [1.165, 1.54) is 0 Å². The van der Waals surface area contributed by atoms with Crippen LogP contribution < -0.4 is 14.8 Å². The lowest BCUT2D eigenvalue weighted by Gasteiger charge is -2.16. The molecule has 0 atom stereocenters. The third kappa shape index (κ3) is 3.42. The fourth-order valence-electron chi connectivity index (χ4n) is 2.77. The number of nitrogens with zero attached hydrogens (tertiary/aromatic N) is 2. The molecule has 24 heavy (non-hydrogen) atoms. The smallest absolute Gasteiger partial charge is 0.272 e. The van der Waals surface area contributed by atoms with E-state index in [9.17, 15) is 4.79 Å². The summed E-state index contributed by atoms with van der Waals surface area (Å²) in [4.78, 5) is 18.5. The maximum Gasteiger partial charge on any atom is 0.272 e. The van der Waals surface area contributed by atoms with Gasteiger partial charge in [-0.15, -0.1) is 0 Å². The third-order valence-electron chi connectivity index (χ3n) is 4.06. The summed E-state index contributed by atoms with van der Waals surface area (Å²) >= 11 is 0. The van der Waals surface area contributed by atoms with E-state index >= 15 is 0 Å². The van der Waals surface area contributed by atoms with Gasteiger partial charge in [-0.1, -0.05) is 0 Å². The number of nitrogens with one attached hydrogen (secondary N) is 1. The molecule has 2 heterocycles. The number of carbonyl (C=O) groups excluding carboxylic acids is 1. The van der Waals surface area contributed by atoms with Crippen LogP contribution in [0.5, 0.6) is 11.5 Å². The summed E-state index contributed by atoms with van der Waals surface area (Å²) in [5.41, 5.74) is 1.99. The Labute approximate surface area is 141 Å². The summed E-state index contributed by atoms with van der Waals surface area (Å²) in [6.07, 6.45) is 3.76. The van der Waals surface area contributed by atoms with Crippen molar-refractivity contribution >= 4 is 17.3 Å². The van der Waals surface area contributed by atoms with E-state index in [0.29, 0.717) is 11.4 Å². The average Bonchev–Trinajstić information content (AvgIpc) is 3.16. The van der Waals surface area contributed by atoms with E-state index in [1.54, 1.807) is 26.5 Å². The Kier molecular flexibility index (Phi) is 4.84. The topological polar surface area (TPSA) is 63.7 Å². The summed E-state index contributed by atoms with van der Waals surface area (Å²) in [5, 5.41) is 3.27. The Morgan fingerprint density at radius 2 is 1.92 bits per heavy atom. The molecule has 1 N–H and O–H groups in total. The summed E-state index contributed by atoms with van der Waals surface area (Å²) in [6, 6.07) is 9.10. The molecule has 1 aliphatic heterocycles. The molecule has 0 bridgehead atoms. The number of aromatic nitrogens is 1.